The van der Waals surface area contributed by atoms with E-state index in [1.54, 1.807) is 0 Å². The maximum Gasteiger partial charge on any atom is 0.407 e. The van der Waals surface area contributed by atoms with Gasteiger partial charge in [-0.05, 0) is 40.0 Å². The van der Waals surface area contributed by atoms with E-state index in [2.05, 4.69) is 19.2 Å². The lowest BCUT2D eigenvalue weighted by Crippen LogP contribution is -2.42. The first-order valence-corrected chi connectivity index (χ1v) is 8.44. The Morgan fingerprint density at radius 2 is 1.77 bits per heavy atom. The van der Waals surface area contributed by atoms with Gasteiger partial charge in [-0.2, -0.15) is 0 Å². The number of ether oxygens (including phenoxy) is 2. The van der Waals surface area contributed by atoms with Crippen LogP contribution in [0.5, 0.6) is 0 Å². The molecule has 1 amide bonds. The summed E-state index contributed by atoms with van der Waals surface area (Å²) in [7, 11) is 0. The van der Waals surface area contributed by atoms with Gasteiger partial charge in [0.15, 0.2) is 0 Å². The molecule has 1 unspecified atom stereocenters. The Morgan fingerprint density at radius 1 is 1.09 bits per heavy atom. The zero-order valence-corrected chi connectivity index (χ0v) is 15.0. The SMILES string of the molecule is CCCCOCCC(CO)(CCC)CNC(=O)OC(C)(C)C. The third kappa shape index (κ3) is 10.0. The van der Waals surface area contributed by atoms with Crippen LogP contribution >= 0.6 is 0 Å². The van der Waals surface area contributed by atoms with Gasteiger partial charge in [-0.15, -0.1) is 0 Å². The Kier molecular flexibility index (Phi) is 10.4. The molecule has 5 heteroatoms. The first-order valence-electron chi connectivity index (χ1n) is 8.44. The Balaban J connectivity index is 4.38. The van der Waals surface area contributed by atoms with Crippen LogP contribution in [0.15, 0.2) is 0 Å². The minimum Gasteiger partial charge on any atom is -0.444 e. The van der Waals surface area contributed by atoms with E-state index in [0.717, 1.165) is 38.7 Å². The highest BCUT2D eigenvalue weighted by atomic mass is 16.6. The van der Waals surface area contributed by atoms with Gasteiger partial charge in [-0.1, -0.05) is 26.7 Å². The van der Waals surface area contributed by atoms with E-state index in [9.17, 15) is 9.90 Å². The van der Waals surface area contributed by atoms with Crippen LogP contribution in [0.2, 0.25) is 0 Å². The molecule has 0 aliphatic carbocycles. The number of carbonyl (C=O) groups is 1. The largest absolute Gasteiger partial charge is 0.444 e. The van der Waals surface area contributed by atoms with Gasteiger partial charge in [-0.25, -0.2) is 4.79 Å². The molecule has 1 atom stereocenters. The number of carbonyl (C=O) groups excluding carboxylic acids is 1. The third-order valence-electron chi connectivity index (χ3n) is 3.54. The monoisotopic (exact) mass is 317 g/mol. The zero-order valence-electron chi connectivity index (χ0n) is 15.0. The van der Waals surface area contributed by atoms with Gasteiger partial charge in [-0.3, -0.25) is 0 Å². The van der Waals surface area contributed by atoms with E-state index < -0.39 is 11.7 Å². The summed E-state index contributed by atoms with van der Waals surface area (Å²) in [6.07, 6.45) is 4.25. The molecule has 0 aliphatic heterocycles. The standard InChI is InChI=1S/C17H35NO4/c1-6-8-11-21-12-10-17(14-19,9-7-2)13-18-15(20)22-16(3,4)5/h19H,6-14H2,1-5H3,(H,18,20). The van der Waals surface area contributed by atoms with Crippen LogP contribution in [0, 0.1) is 5.41 Å². The van der Waals surface area contributed by atoms with Gasteiger partial charge in [0.05, 0.1) is 6.61 Å². The van der Waals surface area contributed by atoms with Gasteiger partial charge < -0.3 is 19.9 Å². The van der Waals surface area contributed by atoms with Crippen LogP contribution in [0.3, 0.4) is 0 Å². The summed E-state index contributed by atoms with van der Waals surface area (Å²) in [6, 6.07) is 0. The molecule has 0 aromatic rings. The summed E-state index contributed by atoms with van der Waals surface area (Å²) in [5.74, 6) is 0. The molecule has 22 heavy (non-hydrogen) atoms. The van der Waals surface area contributed by atoms with Gasteiger partial charge in [0.1, 0.15) is 5.60 Å². The van der Waals surface area contributed by atoms with Crippen molar-refractivity contribution in [3.63, 3.8) is 0 Å². The van der Waals surface area contributed by atoms with Crippen molar-refractivity contribution in [2.24, 2.45) is 5.41 Å². The molecular weight excluding hydrogens is 282 g/mol. The molecule has 0 aromatic carbocycles. The van der Waals surface area contributed by atoms with E-state index >= 15 is 0 Å². The lowest BCUT2D eigenvalue weighted by Gasteiger charge is -2.32. The van der Waals surface area contributed by atoms with Crippen molar-refractivity contribution < 1.29 is 19.4 Å². The van der Waals surface area contributed by atoms with Crippen molar-refractivity contribution >= 4 is 6.09 Å². The second kappa shape index (κ2) is 10.8. The number of aliphatic hydroxyl groups excluding tert-OH is 1. The molecule has 0 rings (SSSR count). The maximum atomic E-state index is 11.8. The molecule has 0 saturated carbocycles. The first-order chi connectivity index (χ1) is 10.3. The number of rotatable bonds is 11. The summed E-state index contributed by atoms with van der Waals surface area (Å²) in [4.78, 5) is 11.8. The lowest BCUT2D eigenvalue weighted by atomic mass is 9.81. The molecule has 0 fully saturated rings. The minimum atomic E-state index is -0.514. The molecule has 5 nitrogen and oxygen atoms in total. The predicted molar refractivity (Wildman–Crippen MR) is 89.0 cm³/mol. The number of unbranched alkanes of at least 4 members (excludes halogenated alkanes) is 1. The van der Waals surface area contributed by atoms with Gasteiger partial charge >= 0.3 is 6.09 Å². The Labute approximate surface area is 135 Å². The number of hydrogen-bond donors (Lipinski definition) is 2. The Morgan fingerprint density at radius 3 is 2.27 bits per heavy atom. The van der Waals surface area contributed by atoms with Crippen molar-refractivity contribution in [1.82, 2.24) is 5.32 Å². The fourth-order valence-electron chi connectivity index (χ4n) is 2.26. The van der Waals surface area contributed by atoms with E-state index in [1.165, 1.54) is 0 Å². The number of alkyl carbamates (subject to hydrolysis) is 1. The minimum absolute atomic E-state index is 0.0355. The summed E-state index contributed by atoms with van der Waals surface area (Å²) in [6.45, 7) is 11.5. The highest BCUT2D eigenvalue weighted by Gasteiger charge is 2.29. The van der Waals surface area contributed by atoms with E-state index in [1.807, 2.05) is 20.8 Å². The Bertz CT molecular complexity index is 302. The van der Waals surface area contributed by atoms with Gasteiger partial charge in [0.25, 0.3) is 0 Å². The van der Waals surface area contributed by atoms with Crippen LogP contribution in [0.1, 0.15) is 66.7 Å². The van der Waals surface area contributed by atoms with Crippen LogP contribution in [-0.4, -0.2) is 43.2 Å². The van der Waals surface area contributed by atoms with Crippen LogP contribution in [0.4, 0.5) is 4.79 Å². The second-order valence-electron chi connectivity index (χ2n) is 6.98. The van der Waals surface area contributed by atoms with Crippen molar-refractivity contribution in [3.8, 4) is 0 Å². The normalized spacial score (nSPS) is 14.5. The molecule has 0 aromatic heterocycles. The van der Waals surface area contributed by atoms with Crippen LogP contribution in [-0.2, 0) is 9.47 Å². The Hall–Kier alpha value is -0.810. The van der Waals surface area contributed by atoms with E-state index in [-0.39, 0.29) is 12.0 Å². The number of hydrogen-bond acceptors (Lipinski definition) is 4. The molecule has 0 spiro atoms. The topological polar surface area (TPSA) is 67.8 Å². The third-order valence-corrected chi connectivity index (χ3v) is 3.54. The van der Waals surface area contributed by atoms with Crippen LogP contribution in [0.25, 0.3) is 0 Å². The molecule has 0 radical (unpaired) electrons. The average molecular weight is 317 g/mol. The first kappa shape index (κ1) is 21.2. The van der Waals surface area contributed by atoms with Crippen LogP contribution < -0.4 is 5.32 Å². The molecule has 2 N–H and O–H groups in total. The highest BCUT2D eigenvalue weighted by Crippen LogP contribution is 2.27. The predicted octanol–water partition coefficient (Wildman–Crippen LogP) is 3.50. The molecular formula is C17H35NO4. The highest BCUT2D eigenvalue weighted by molar-refractivity contribution is 5.67. The van der Waals surface area contributed by atoms with Crippen molar-refractivity contribution in [3.05, 3.63) is 0 Å². The van der Waals surface area contributed by atoms with E-state index in [4.69, 9.17) is 9.47 Å². The zero-order chi connectivity index (χ0) is 17.1. The molecule has 0 bridgehead atoms. The maximum absolute atomic E-state index is 11.8. The fraction of sp³-hybridized carbons (Fsp3) is 0.941. The van der Waals surface area contributed by atoms with Crippen molar-refractivity contribution in [1.29, 1.82) is 0 Å². The molecule has 0 aliphatic rings. The van der Waals surface area contributed by atoms with E-state index in [0.29, 0.717) is 13.2 Å². The average Bonchev–Trinajstić information content (AvgIpc) is 2.42. The lowest BCUT2D eigenvalue weighted by molar-refractivity contribution is 0.0332. The van der Waals surface area contributed by atoms with Gasteiger partial charge in [0, 0.05) is 25.2 Å². The number of nitrogens with one attached hydrogen (secondary N) is 1. The molecule has 0 saturated heterocycles. The van der Waals surface area contributed by atoms with Crippen molar-refractivity contribution in [2.45, 2.75) is 72.3 Å². The summed E-state index contributed by atoms with van der Waals surface area (Å²) >= 11 is 0. The number of aliphatic hydroxyl groups is 1. The summed E-state index contributed by atoms with van der Waals surface area (Å²) < 4.78 is 10.9. The molecule has 0 heterocycles. The van der Waals surface area contributed by atoms with Crippen molar-refractivity contribution in [2.75, 3.05) is 26.4 Å². The molecule has 132 valence electrons. The summed E-state index contributed by atoms with van der Waals surface area (Å²) in [5, 5.41) is 12.6. The second-order valence-corrected chi connectivity index (χ2v) is 6.98. The summed E-state index contributed by atoms with van der Waals surface area (Å²) in [5.41, 5.74) is -0.849. The number of amides is 1. The van der Waals surface area contributed by atoms with Gasteiger partial charge in [0.2, 0.25) is 0 Å². The quantitative estimate of drug-likeness (QED) is 0.572. The smallest absolute Gasteiger partial charge is 0.407 e. The fourth-order valence-corrected chi connectivity index (χ4v) is 2.26.